The first kappa shape index (κ1) is 16.2. The van der Waals surface area contributed by atoms with E-state index in [4.69, 9.17) is 11.6 Å². The van der Waals surface area contributed by atoms with Gasteiger partial charge in [0.15, 0.2) is 5.03 Å². The number of nitro groups is 1. The molecule has 120 valence electrons. The summed E-state index contributed by atoms with van der Waals surface area (Å²) in [7, 11) is 0. The molecule has 0 saturated carbocycles. The molecule has 0 aliphatic carbocycles. The van der Waals surface area contributed by atoms with Crippen LogP contribution >= 0.6 is 23.4 Å². The molecule has 9 heteroatoms. The van der Waals surface area contributed by atoms with E-state index in [2.05, 4.69) is 20.3 Å². The second-order valence-electron chi connectivity index (χ2n) is 4.55. The van der Waals surface area contributed by atoms with E-state index in [0.29, 0.717) is 10.7 Å². The Balaban J connectivity index is 1.96. The smallest absolute Gasteiger partial charge is 0.334 e. The standard InChI is InChI=1S/C15H10ClN5O2S/c16-10-1-3-12(4-2-10)24-15-13(21(22)23)14(18-9-19-15)20-11-5-7-17-8-6-11/h1-9H,(H,17,18,19,20). The van der Waals surface area contributed by atoms with Crippen LogP contribution in [0.5, 0.6) is 0 Å². The highest BCUT2D eigenvalue weighted by atomic mass is 35.5. The lowest BCUT2D eigenvalue weighted by molar-refractivity contribution is -0.387. The van der Waals surface area contributed by atoms with Crippen LogP contribution < -0.4 is 5.32 Å². The molecule has 1 N–H and O–H groups in total. The maximum atomic E-state index is 11.5. The minimum Gasteiger partial charge on any atom is -0.334 e. The van der Waals surface area contributed by atoms with Gasteiger partial charge >= 0.3 is 5.69 Å². The summed E-state index contributed by atoms with van der Waals surface area (Å²) in [6.07, 6.45) is 4.45. The number of rotatable bonds is 5. The molecule has 0 radical (unpaired) electrons. The van der Waals surface area contributed by atoms with Crippen molar-refractivity contribution >= 4 is 40.6 Å². The van der Waals surface area contributed by atoms with Gasteiger partial charge < -0.3 is 5.32 Å². The summed E-state index contributed by atoms with van der Waals surface area (Å²) in [6.45, 7) is 0. The zero-order valence-electron chi connectivity index (χ0n) is 12.1. The zero-order chi connectivity index (χ0) is 16.9. The molecule has 2 heterocycles. The molecule has 7 nitrogen and oxygen atoms in total. The predicted molar refractivity (Wildman–Crippen MR) is 91.8 cm³/mol. The number of hydrogen-bond acceptors (Lipinski definition) is 7. The lowest BCUT2D eigenvalue weighted by Gasteiger charge is -2.08. The minimum absolute atomic E-state index is 0.123. The highest BCUT2D eigenvalue weighted by Crippen LogP contribution is 2.37. The number of nitrogens with one attached hydrogen (secondary N) is 1. The Hall–Kier alpha value is -2.71. The van der Waals surface area contributed by atoms with Crippen molar-refractivity contribution in [1.29, 1.82) is 0 Å². The van der Waals surface area contributed by atoms with Crippen molar-refractivity contribution in [2.75, 3.05) is 5.32 Å². The van der Waals surface area contributed by atoms with Gasteiger partial charge in [0.25, 0.3) is 0 Å². The molecule has 0 saturated heterocycles. The van der Waals surface area contributed by atoms with Gasteiger partial charge in [-0.05, 0) is 36.4 Å². The van der Waals surface area contributed by atoms with E-state index in [1.54, 1.807) is 48.8 Å². The van der Waals surface area contributed by atoms with E-state index in [1.165, 1.54) is 18.1 Å². The predicted octanol–water partition coefficient (Wildman–Crippen LogP) is 4.33. The summed E-state index contributed by atoms with van der Waals surface area (Å²) >= 11 is 7.03. The van der Waals surface area contributed by atoms with Gasteiger partial charge in [0.05, 0.1) is 4.92 Å². The van der Waals surface area contributed by atoms with Crippen LogP contribution in [0.1, 0.15) is 0 Å². The van der Waals surface area contributed by atoms with Crippen LogP contribution in [0, 0.1) is 10.1 Å². The van der Waals surface area contributed by atoms with Crippen molar-refractivity contribution in [3.05, 3.63) is 70.3 Å². The number of pyridine rings is 1. The highest BCUT2D eigenvalue weighted by Gasteiger charge is 2.23. The van der Waals surface area contributed by atoms with Crippen LogP contribution in [0.15, 0.2) is 65.0 Å². The second kappa shape index (κ2) is 7.24. The monoisotopic (exact) mass is 359 g/mol. The lowest BCUT2D eigenvalue weighted by Crippen LogP contribution is -2.02. The van der Waals surface area contributed by atoms with Crippen molar-refractivity contribution in [1.82, 2.24) is 15.0 Å². The second-order valence-corrected chi connectivity index (χ2v) is 6.05. The summed E-state index contributed by atoms with van der Waals surface area (Å²) in [5, 5.41) is 15.3. The summed E-state index contributed by atoms with van der Waals surface area (Å²) in [5.41, 5.74) is 0.462. The van der Waals surface area contributed by atoms with Gasteiger partial charge in [-0.2, -0.15) is 0 Å². The Morgan fingerprint density at radius 1 is 1.08 bits per heavy atom. The van der Waals surface area contributed by atoms with E-state index in [9.17, 15) is 10.1 Å². The molecule has 24 heavy (non-hydrogen) atoms. The molecule has 3 rings (SSSR count). The fourth-order valence-corrected chi connectivity index (χ4v) is 2.87. The van der Waals surface area contributed by atoms with Gasteiger partial charge in [0, 0.05) is 28.0 Å². The molecule has 0 atom stereocenters. The van der Waals surface area contributed by atoms with Crippen molar-refractivity contribution in [3.63, 3.8) is 0 Å². The van der Waals surface area contributed by atoms with Crippen molar-refractivity contribution in [3.8, 4) is 0 Å². The van der Waals surface area contributed by atoms with Crippen LogP contribution in [-0.4, -0.2) is 19.9 Å². The quantitative estimate of drug-likeness (QED) is 0.411. The Labute approximate surface area is 146 Å². The molecule has 0 amide bonds. The van der Waals surface area contributed by atoms with Gasteiger partial charge in [-0.25, -0.2) is 9.97 Å². The molecule has 1 aromatic carbocycles. The third kappa shape index (κ3) is 3.79. The Morgan fingerprint density at radius 3 is 2.46 bits per heavy atom. The van der Waals surface area contributed by atoms with E-state index >= 15 is 0 Å². The van der Waals surface area contributed by atoms with E-state index in [1.807, 2.05) is 0 Å². The topological polar surface area (TPSA) is 93.8 Å². The van der Waals surface area contributed by atoms with E-state index < -0.39 is 4.92 Å². The van der Waals surface area contributed by atoms with Gasteiger partial charge in [0.2, 0.25) is 5.82 Å². The zero-order valence-corrected chi connectivity index (χ0v) is 13.7. The van der Waals surface area contributed by atoms with Crippen molar-refractivity contribution in [2.45, 2.75) is 9.92 Å². The Kier molecular flexibility index (Phi) is 4.88. The first-order valence-electron chi connectivity index (χ1n) is 6.73. The van der Waals surface area contributed by atoms with Crippen LogP contribution in [0.3, 0.4) is 0 Å². The van der Waals surface area contributed by atoms with Crippen molar-refractivity contribution in [2.24, 2.45) is 0 Å². The Morgan fingerprint density at radius 2 is 1.79 bits per heavy atom. The van der Waals surface area contributed by atoms with Crippen LogP contribution in [0.25, 0.3) is 0 Å². The fraction of sp³-hybridized carbons (Fsp3) is 0. The number of aromatic nitrogens is 3. The third-order valence-corrected chi connectivity index (χ3v) is 4.19. The molecule has 3 aromatic rings. The van der Waals surface area contributed by atoms with Crippen LogP contribution in [0.4, 0.5) is 17.2 Å². The van der Waals surface area contributed by atoms with Gasteiger partial charge in [0.1, 0.15) is 6.33 Å². The fourth-order valence-electron chi connectivity index (χ4n) is 1.88. The molecule has 0 aliphatic heterocycles. The molecular formula is C15H10ClN5O2S. The molecule has 0 fully saturated rings. The number of nitrogens with zero attached hydrogens (tertiary/aromatic N) is 4. The minimum atomic E-state index is -0.498. The largest absolute Gasteiger partial charge is 0.343 e. The van der Waals surface area contributed by atoms with E-state index in [-0.39, 0.29) is 16.5 Å². The number of benzene rings is 1. The summed E-state index contributed by atoms with van der Waals surface area (Å²) < 4.78 is 0. The van der Waals surface area contributed by atoms with E-state index in [0.717, 1.165) is 4.90 Å². The lowest BCUT2D eigenvalue weighted by atomic mass is 10.4. The SMILES string of the molecule is O=[N+]([O-])c1c(Nc2ccncc2)ncnc1Sc1ccc(Cl)cc1. The molecule has 0 aliphatic rings. The average Bonchev–Trinajstić information content (AvgIpc) is 2.58. The summed E-state index contributed by atoms with van der Waals surface area (Å²) in [6, 6.07) is 10.4. The number of halogens is 1. The molecular weight excluding hydrogens is 350 g/mol. The molecule has 0 unspecified atom stereocenters. The number of hydrogen-bond donors (Lipinski definition) is 1. The van der Waals surface area contributed by atoms with Gasteiger partial charge in [-0.3, -0.25) is 15.1 Å². The van der Waals surface area contributed by atoms with Gasteiger partial charge in [-0.15, -0.1) is 0 Å². The first-order chi connectivity index (χ1) is 11.6. The summed E-state index contributed by atoms with van der Waals surface area (Å²) in [4.78, 5) is 23.7. The first-order valence-corrected chi connectivity index (χ1v) is 7.93. The van der Waals surface area contributed by atoms with Crippen molar-refractivity contribution < 1.29 is 4.92 Å². The highest BCUT2D eigenvalue weighted by molar-refractivity contribution is 7.99. The number of anilines is 2. The molecule has 0 bridgehead atoms. The molecule has 2 aromatic heterocycles. The van der Waals surface area contributed by atoms with Crippen LogP contribution in [0.2, 0.25) is 5.02 Å². The third-order valence-electron chi connectivity index (χ3n) is 2.94. The van der Waals surface area contributed by atoms with Gasteiger partial charge in [-0.1, -0.05) is 23.4 Å². The average molecular weight is 360 g/mol. The maximum absolute atomic E-state index is 11.5. The van der Waals surface area contributed by atoms with Crippen LogP contribution in [-0.2, 0) is 0 Å². The molecule has 0 spiro atoms. The summed E-state index contributed by atoms with van der Waals surface area (Å²) in [5.74, 6) is 0.123. The maximum Gasteiger partial charge on any atom is 0.343 e. The Bertz CT molecular complexity index is 861. The normalized spacial score (nSPS) is 10.4.